The Labute approximate surface area is 155 Å². The maximum Gasteiger partial charge on any atom is 0.255 e. The van der Waals surface area contributed by atoms with E-state index >= 15 is 0 Å². The van der Waals surface area contributed by atoms with Gasteiger partial charge in [-0.05, 0) is 36.4 Å². The van der Waals surface area contributed by atoms with Crippen molar-refractivity contribution in [1.82, 2.24) is 4.31 Å². The van der Waals surface area contributed by atoms with Gasteiger partial charge in [0, 0.05) is 24.3 Å². The molecule has 2 aromatic carbocycles. The quantitative estimate of drug-likeness (QED) is 0.796. The summed E-state index contributed by atoms with van der Waals surface area (Å²) in [5.74, 6) is -2.37. The number of hydrogen-bond acceptors (Lipinski definition) is 3. The molecule has 0 radical (unpaired) electrons. The molecule has 9 heteroatoms. The lowest BCUT2D eigenvalue weighted by Gasteiger charge is -2.19. The van der Waals surface area contributed by atoms with Gasteiger partial charge in [0.25, 0.3) is 5.91 Å². The highest BCUT2D eigenvalue weighted by atomic mass is 35.5. The van der Waals surface area contributed by atoms with Crippen LogP contribution in [-0.4, -0.2) is 31.7 Å². The number of halogens is 3. The molecule has 0 aliphatic carbocycles. The molecule has 1 N–H and O–H groups in total. The molecule has 0 aliphatic rings. The summed E-state index contributed by atoms with van der Waals surface area (Å²) in [6.07, 6.45) is 0. The predicted octanol–water partition coefficient (Wildman–Crippen LogP) is 3.90. The number of benzene rings is 2. The molecule has 140 valence electrons. The predicted molar refractivity (Wildman–Crippen MR) is 95.9 cm³/mol. The zero-order valence-corrected chi connectivity index (χ0v) is 15.7. The zero-order valence-electron chi connectivity index (χ0n) is 14.1. The SMILES string of the molecule is CCN(CC)S(=O)(=O)c1cc(C(=O)Nc2ccc(Cl)c(F)c2)ccc1F. The maximum absolute atomic E-state index is 14.1. The number of amides is 1. The Kier molecular flexibility index (Phi) is 6.33. The van der Waals surface area contributed by atoms with Gasteiger partial charge in [-0.1, -0.05) is 25.4 Å². The van der Waals surface area contributed by atoms with E-state index in [0.29, 0.717) is 0 Å². The van der Waals surface area contributed by atoms with E-state index in [1.807, 2.05) is 0 Å². The lowest BCUT2D eigenvalue weighted by molar-refractivity contribution is 0.102. The fraction of sp³-hybridized carbons (Fsp3) is 0.235. The number of carbonyl (C=O) groups excluding carboxylic acids is 1. The number of anilines is 1. The summed E-state index contributed by atoms with van der Waals surface area (Å²) in [6, 6.07) is 6.71. The molecule has 5 nitrogen and oxygen atoms in total. The van der Waals surface area contributed by atoms with E-state index < -0.39 is 32.5 Å². The summed E-state index contributed by atoms with van der Waals surface area (Å²) < 4.78 is 53.7. The summed E-state index contributed by atoms with van der Waals surface area (Å²) in [4.78, 5) is 11.7. The van der Waals surface area contributed by atoms with Gasteiger partial charge >= 0.3 is 0 Å². The van der Waals surface area contributed by atoms with Crippen LogP contribution in [0.5, 0.6) is 0 Å². The van der Waals surface area contributed by atoms with E-state index in [0.717, 1.165) is 28.6 Å². The number of nitrogens with one attached hydrogen (secondary N) is 1. The standard InChI is InChI=1S/C17H17ClF2N2O3S/c1-3-22(4-2)26(24,25)16-9-11(5-8-14(16)19)17(23)21-12-6-7-13(18)15(20)10-12/h5-10H,3-4H2,1-2H3,(H,21,23). The van der Waals surface area contributed by atoms with Gasteiger partial charge in [-0.2, -0.15) is 4.31 Å². The highest BCUT2D eigenvalue weighted by Gasteiger charge is 2.26. The van der Waals surface area contributed by atoms with Crippen LogP contribution in [0, 0.1) is 11.6 Å². The van der Waals surface area contributed by atoms with Gasteiger partial charge in [0.2, 0.25) is 10.0 Å². The number of hydrogen-bond donors (Lipinski definition) is 1. The van der Waals surface area contributed by atoms with Gasteiger partial charge in [0.05, 0.1) is 5.02 Å². The van der Waals surface area contributed by atoms with Crippen LogP contribution in [0.3, 0.4) is 0 Å². The molecule has 0 fully saturated rings. The van der Waals surface area contributed by atoms with E-state index in [9.17, 15) is 22.0 Å². The van der Waals surface area contributed by atoms with Crippen LogP contribution in [0.25, 0.3) is 0 Å². The fourth-order valence-electron chi connectivity index (χ4n) is 2.32. The molecule has 0 aliphatic heterocycles. The van der Waals surface area contributed by atoms with Crippen molar-refractivity contribution in [3.05, 3.63) is 58.6 Å². The summed E-state index contributed by atoms with van der Waals surface area (Å²) >= 11 is 5.58. The Morgan fingerprint density at radius 2 is 1.73 bits per heavy atom. The van der Waals surface area contributed by atoms with Crippen molar-refractivity contribution in [2.24, 2.45) is 0 Å². The van der Waals surface area contributed by atoms with Gasteiger partial charge in [-0.3, -0.25) is 4.79 Å². The monoisotopic (exact) mass is 402 g/mol. The molecule has 0 saturated heterocycles. The van der Waals surface area contributed by atoms with Crippen LogP contribution in [0.2, 0.25) is 5.02 Å². The van der Waals surface area contributed by atoms with E-state index in [1.165, 1.54) is 12.1 Å². The van der Waals surface area contributed by atoms with Crippen molar-refractivity contribution in [1.29, 1.82) is 0 Å². The second-order valence-electron chi connectivity index (χ2n) is 5.32. The Morgan fingerprint density at radius 3 is 2.31 bits per heavy atom. The molecule has 2 aromatic rings. The summed E-state index contributed by atoms with van der Waals surface area (Å²) in [6.45, 7) is 3.59. The third-order valence-electron chi connectivity index (χ3n) is 3.69. The molecule has 0 atom stereocenters. The molecule has 26 heavy (non-hydrogen) atoms. The van der Waals surface area contributed by atoms with Crippen LogP contribution in [-0.2, 0) is 10.0 Å². The maximum atomic E-state index is 14.1. The third kappa shape index (κ3) is 4.20. The van der Waals surface area contributed by atoms with Crippen LogP contribution in [0.1, 0.15) is 24.2 Å². The van der Waals surface area contributed by atoms with Crippen LogP contribution in [0.15, 0.2) is 41.3 Å². The van der Waals surface area contributed by atoms with Crippen molar-refractivity contribution in [3.8, 4) is 0 Å². The van der Waals surface area contributed by atoms with E-state index in [4.69, 9.17) is 11.6 Å². The molecular weight excluding hydrogens is 386 g/mol. The third-order valence-corrected chi connectivity index (χ3v) is 6.07. The highest BCUT2D eigenvalue weighted by molar-refractivity contribution is 7.89. The molecule has 1 amide bonds. The number of rotatable bonds is 6. The molecule has 0 spiro atoms. The number of carbonyl (C=O) groups is 1. The molecule has 0 bridgehead atoms. The minimum Gasteiger partial charge on any atom is -0.322 e. The molecule has 0 saturated carbocycles. The first-order valence-electron chi connectivity index (χ1n) is 7.76. The largest absolute Gasteiger partial charge is 0.322 e. The summed E-state index contributed by atoms with van der Waals surface area (Å²) in [7, 11) is -4.07. The minimum absolute atomic E-state index is 0.0764. The average molecular weight is 403 g/mol. The van der Waals surface area contributed by atoms with Gasteiger partial charge in [-0.15, -0.1) is 0 Å². The lowest BCUT2D eigenvalue weighted by Crippen LogP contribution is -2.31. The van der Waals surface area contributed by atoms with Crippen LogP contribution >= 0.6 is 11.6 Å². The lowest BCUT2D eigenvalue weighted by atomic mass is 10.2. The Bertz CT molecular complexity index is 932. The average Bonchev–Trinajstić information content (AvgIpc) is 2.59. The normalized spacial score (nSPS) is 11.6. The van der Waals surface area contributed by atoms with Crippen molar-refractivity contribution in [2.45, 2.75) is 18.7 Å². The summed E-state index contributed by atoms with van der Waals surface area (Å²) in [5, 5.41) is 2.31. The van der Waals surface area contributed by atoms with Crippen molar-refractivity contribution < 1.29 is 22.0 Å². The van der Waals surface area contributed by atoms with Gasteiger partial charge in [-0.25, -0.2) is 17.2 Å². The van der Waals surface area contributed by atoms with Gasteiger partial charge in [0.1, 0.15) is 16.5 Å². The number of nitrogens with zero attached hydrogens (tertiary/aromatic N) is 1. The van der Waals surface area contributed by atoms with Crippen molar-refractivity contribution in [3.63, 3.8) is 0 Å². The van der Waals surface area contributed by atoms with E-state index in [1.54, 1.807) is 13.8 Å². The first-order valence-corrected chi connectivity index (χ1v) is 9.58. The highest BCUT2D eigenvalue weighted by Crippen LogP contribution is 2.23. The number of sulfonamides is 1. The fourth-order valence-corrected chi connectivity index (χ4v) is 3.99. The topological polar surface area (TPSA) is 66.5 Å². The molecule has 2 rings (SSSR count). The van der Waals surface area contributed by atoms with Crippen LogP contribution < -0.4 is 5.32 Å². The van der Waals surface area contributed by atoms with E-state index in [2.05, 4.69) is 5.32 Å². The Morgan fingerprint density at radius 1 is 1.08 bits per heavy atom. The molecule has 0 heterocycles. The Balaban J connectivity index is 2.36. The first kappa shape index (κ1) is 20.3. The zero-order chi connectivity index (χ0) is 19.5. The first-order chi connectivity index (χ1) is 12.2. The van der Waals surface area contributed by atoms with Crippen LogP contribution in [0.4, 0.5) is 14.5 Å². The molecule has 0 aromatic heterocycles. The molecule has 0 unspecified atom stereocenters. The van der Waals surface area contributed by atoms with Crippen molar-refractivity contribution >= 4 is 33.2 Å². The minimum atomic E-state index is -4.07. The van der Waals surface area contributed by atoms with Gasteiger partial charge < -0.3 is 5.32 Å². The second-order valence-corrected chi connectivity index (χ2v) is 7.63. The smallest absolute Gasteiger partial charge is 0.255 e. The molecular formula is C17H17ClF2N2O3S. The summed E-state index contributed by atoms with van der Waals surface area (Å²) in [5.41, 5.74) is 0.0573. The Hall–Kier alpha value is -2.03. The second kappa shape index (κ2) is 8.11. The van der Waals surface area contributed by atoms with E-state index in [-0.39, 0.29) is 29.4 Å². The van der Waals surface area contributed by atoms with Gasteiger partial charge in [0.15, 0.2) is 0 Å². The van der Waals surface area contributed by atoms with Crippen molar-refractivity contribution in [2.75, 3.05) is 18.4 Å².